The Morgan fingerprint density at radius 3 is 2.72 bits per heavy atom. The number of hydrogen-bond donors (Lipinski definition) is 2. The van der Waals surface area contributed by atoms with Gasteiger partial charge in [-0.3, -0.25) is 19.4 Å². The van der Waals surface area contributed by atoms with Gasteiger partial charge in [0.05, 0.1) is 11.4 Å². The molecule has 2 N–H and O–H groups in total. The van der Waals surface area contributed by atoms with Gasteiger partial charge in [0.25, 0.3) is 10.0 Å². The first-order chi connectivity index (χ1) is 14.0. The van der Waals surface area contributed by atoms with E-state index in [1.165, 1.54) is 11.1 Å². The summed E-state index contributed by atoms with van der Waals surface area (Å²) in [5, 5.41) is 2.93. The minimum Gasteiger partial charge on any atom is -0.355 e. The van der Waals surface area contributed by atoms with E-state index in [0.717, 1.165) is 26.1 Å². The molecule has 0 aromatic heterocycles. The second-order valence-corrected chi connectivity index (χ2v) is 8.88. The molecule has 1 amide bonds. The Morgan fingerprint density at radius 2 is 1.86 bits per heavy atom. The number of amides is 1. The molecule has 4 rings (SSSR count). The topological polar surface area (TPSA) is 90.9 Å². The molecule has 0 radical (unpaired) electrons. The van der Waals surface area contributed by atoms with Gasteiger partial charge >= 0.3 is 0 Å². The van der Waals surface area contributed by atoms with Crippen LogP contribution >= 0.6 is 0 Å². The number of benzene rings is 2. The quantitative estimate of drug-likeness (QED) is 0.748. The number of amidine groups is 1. The molecule has 2 aliphatic heterocycles. The number of rotatable bonds is 6. The van der Waals surface area contributed by atoms with Gasteiger partial charge in [0, 0.05) is 38.2 Å². The summed E-state index contributed by atoms with van der Waals surface area (Å²) in [5.74, 6) is 0.223. The summed E-state index contributed by atoms with van der Waals surface area (Å²) in [5.41, 5.74) is 3.33. The molecule has 0 bridgehead atoms. The van der Waals surface area contributed by atoms with Gasteiger partial charge < -0.3 is 5.32 Å². The van der Waals surface area contributed by atoms with Crippen molar-refractivity contribution < 1.29 is 13.2 Å². The van der Waals surface area contributed by atoms with E-state index in [1.807, 2.05) is 0 Å². The van der Waals surface area contributed by atoms with Gasteiger partial charge in [-0.15, -0.1) is 0 Å². The van der Waals surface area contributed by atoms with E-state index in [1.54, 1.807) is 24.3 Å². The summed E-state index contributed by atoms with van der Waals surface area (Å²) in [4.78, 5) is 18.9. The van der Waals surface area contributed by atoms with Crippen LogP contribution in [0, 0.1) is 0 Å². The van der Waals surface area contributed by atoms with Crippen molar-refractivity contribution in [1.82, 2.24) is 14.9 Å². The first kappa shape index (κ1) is 19.6. The van der Waals surface area contributed by atoms with Gasteiger partial charge in [0.2, 0.25) is 5.91 Å². The molecule has 0 saturated carbocycles. The van der Waals surface area contributed by atoms with Crippen LogP contribution < -0.4 is 10.0 Å². The van der Waals surface area contributed by atoms with Gasteiger partial charge in [-0.1, -0.05) is 36.4 Å². The van der Waals surface area contributed by atoms with Crippen molar-refractivity contribution in [3.63, 3.8) is 0 Å². The van der Waals surface area contributed by atoms with Gasteiger partial charge in [0.15, 0.2) is 0 Å². The summed E-state index contributed by atoms with van der Waals surface area (Å²) in [7, 11) is -3.54. The van der Waals surface area contributed by atoms with E-state index in [9.17, 15) is 13.2 Å². The largest absolute Gasteiger partial charge is 0.355 e. The molecule has 2 aliphatic rings. The highest BCUT2D eigenvalue weighted by molar-refractivity contribution is 7.90. The van der Waals surface area contributed by atoms with E-state index >= 15 is 0 Å². The number of sulfonamides is 1. The monoisotopic (exact) mass is 412 g/mol. The highest BCUT2D eigenvalue weighted by Gasteiger charge is 2.29. The van der Waals surface area contributed by atoms with E-state index in [4.69, 9.17) is 0 Å². The summed E-state index contributed by atoms with van der Waals surface area (Å²) in [6.07, 6.45) is 1.26. The second-order valence-electron chi connectivity index (χ2n) is 7.23. The number of hydrogen-bond acceptors (Lipinski definition) is 5. The first-order valence-corrected chi connectivity index (χ1v) is 11.2. The highest BCUT2D eigenvalue weighted by atomic mass is 32.2. The molecule has 0 aliphatic carbocycles. The van der Waals surface area contributed by atoms with Gasteiger partial charge in [-0.2, -0.15) is 0 Å². The zero-order chi connectivity index (χ0) is 20.3. The summed E-state index contributed by atoms with van der Waals surface area (Å²) in [6, 6.07) is 15.2. The molecule has 0 saturated heterocycles. The fourth-order valence-corrected chi connectivity index (χ4v) is 4.96. The molecule has 8 heteroatoms. The van der Waals surface area contributed by atoms with Crippen LogP contribution in [-0.2, 0) is 27.8 Å². The molecular weight excluding hydrogens is 388 g/mol. The Kier molecular flexibility index (Phi) is 5.64. The molecule has 2 aromatic rings. The highest BCUT2D eigenvalue weighted by Crippen LogP contribution is 2.22. The molecular formula is C21H24N4O3S. The maximum atomic E-state index is 12.1. The Hall–Kier alpha value is -2.71. The molecule has 2 aromatic carbocycles. The van der Waals surface area contributed by atoms with E-state index in [2.05, 4.69) is 44.2 Å². The van der Waals surface area contributed by atoms with Crippen LogP contribution in [0.15, 0.2) is 58.4 Å². The summed E-state index contributed by atoms with van der Waals surface area (Å²) < 4.78 is 26.6. The van der Waals surface area contributed by atoms with Crippen molar-refractivity contribution in [3.8, 4) is 0 Å². The molecule has 0 spiro atoms. The predicted molar refractivity (Wildman–Crippen MR) is 111 cm³/mol. The van der Waals surface area contributed by atoms with Crippen molar-refractivity contribution in [2.45, 2.75) is 24.3 Å². The number of carbonyl (C=O) groups excluding carboxylic acids is 1. The van der Waals surface area contributed by atoms with Crippen LogP contribution in [0.1, 0.15) is 23.1 Å². The summed E-state index contributed by atoms with van der Waals surface area (Å²) in [6.45, 7) is 3.54. The number of nitrogens with zero attached hydrogens (tertiary/aromatic N) is 2. The number of carbonyl (C=O) groups is 1. The van der Waals surface area contributed by atoms with E-state index < -0.39 is 10.0 Å². The lowest BCUT2D eigenvalue weighted by Gasteiger charge is -2.28. The van der Waals surface area contributed by atoms with Crippen LogP contribution in [0.2, 0.25) is 0 Å². The van der Waals surface area contributed by atoms with Crippen molar-refractivity contribution in [2.24, 2.45) is 4.99 Å². The average Bonchev–Trinajstić information content (AvgIpc) is 2.98. The van der Waals surface area contributed by atoms with E-state index in [-0.39, 0.29) is 23.8 Å². The SMILES string of the molecule is O=C(CCN=C1NS(=O)(=O)c2ccccc21)NCCN1CCc2ccccc2C1. The van der Waals surface area contributed by atoms with Crippen molar-refractivity contribution in [3.05, 3.63) is 65.2 Å². The second kappa shape index (κ2) is 8.34. The normalized spacial score (nSPS) is 18.7. The lowest BCUT2D eigenvalue weighted by atomic mass is 10.00. The van der Waals surface area contributed by atoms with Crippen LogP contribution in [0.3, 0.4) is 0 Å². The lowest BCUT2D eigenvalue weighted by molar-refractivity contribution is -0.120. The van der Waals surface area contributed by atoms with Crippen molar-refractivity contribution in [1.29, 1.82) is 0 Å². The summed E-state index contributed by atoms with van der Waals surface area (Å²) >= 11 is 0. The molecule has 7 nitrogen and oxygen atoms in total. The zero-order valence-electron chi connectivity index (χ0n) is 16.1. The third-order valence-electron chi connectivity index (χ3n) is 5.23. The average molecular weight is 413 g/mol. The minimum absolute atomic E-state index is 0.0825. The molecule has 2 heterocycles. The van der Waals surface area contributed by atoms with Crippen LogP contribution in [-0.4, -0.2) is 51.2 Å². The third-order valence-corrected chi connectivity index (χ3v) is 6.63. The van der Waals surface area contributed by atoms with Gasteiger partial charge in [-0.25, -0.2) is 8.42 Å². The Labute approximate surface area is 170 Å². The number of aliphatic imine (C=N–C) groups is 1. The first-order valence-electron chi connectivity index (χ1n) is 9.75. The maximum absolute atomic E-state index is 12.1. The fraction of sp³-hybridized carbons (Fsp3) is 0.333. The Morgan fingerprint density at radius 1 is 1.10 bits per heavy atom. The van der Waals surface area contributed by atoms with Gasteiger partial charge in [0.1, 0.15) is 5.84 Å². The van der Waals surface area contributed by atoms with Crippen LogP contribution in [0.5, 0.6) is 0 Å². The van der Waals surface area contributed by atoms with E-state index in [0.29, 0.717) is 17.9 Å². The molecule has 0 atom stereocenters. The number of fused-ring (bicyclic) bond motifs is 2. The maximum Gasteiger partial charge on any atom is 0.263 e. The van der Waals surface area contributed by atoms with Gasteiger partial charge in [-0.05, 0) is 29.7 Å². The zero-order valence-corrected chi connectivity index (χ0v) is 16.9. The van der Waals surface area contributed by atoms with Crippen molar-refractivity contribution in [2.75, 3.05) is 26.2 Å². The fourth-order valence-electron chi connectivity index (χ4n) is 3.71. The van der Waals surface area contributed by atoms with Crippen LogP contribution in [0.25, 0.3) is 0 Å². The Balaban J connectivity index is 1.22. The predicted octanol–water partition coefficient (Wildman–Crippen LogP) is 1.29. The molecule has 0 unspecified atom stereocenters. The Bertz CT molecular complexity index is 1050. The molecule has 152 valence electrons. The minimum atomic E-state index is -3.54. The lowest BCUT2D eigenvalue weighted by Crippen LogP contribution is -2.37. The number of nitrogens with one attached hydrogen (secondary N) is 2. The molecule has 29 heavy (non-hydrogen) atoms. The smallest absolute Gasteiger partial charge is 0.263 e. The van der Waals surface area contributed by atoms with Crippen LogP contribution in [0.4, 0.5) is 0 Å². The third kappa shape index (κ3) is 4.49. The molecule has 0 fully saturated rings. The van der Waals surface area contributed by atoms with Crippen molar-refractivity contribution >= 4 is 21.8 Å². The standard InChI is InChI=1S/C21H24N4O3S/c26-20(22-12-14-25-13-10-16-5-1-2-6-17(16)15-25)9-11-23-21-18-7-3-4-8-19(18)29(27,28)24-21/h1-8H,9-15H2,(H,22,26)(H,23,24).